The summed E-state index contributed by atoms with van der Waals surface area (Å²) in [5.74, 6) is 1.31. The Morgan fingerprint density at radius 2 is 1.11 bits per heavy atom. The summed E-state index contributed by atoms with van der Waals surface area (Å²) in [6, 6.07) is 25.1. The lowest BCUT2D eigenvalue weighted by Crippen LogP contribution is -2.08. The number of hydrogen-bond donors (Lipinski definition) is 0. The van der Waals surface area contributed by atoms with E-state index < -0.39 is 7.82 Å². The minimum Gasteiger partial charge on any atom is -0.386 e. The second kappa shape index (κ2) is 11.1. The van der Waals surface area contributed by atoms with Crippen LogP contribution in [0.4, 0.5) is 0 Å². The maximum absolute atomic E-state index is 13.3. The average Bonchev–Trinajstić information content (AvgIpc) is 2.63. The Bertz CT molecular complexity index is 812. The van der Waals surface area contributed by atoms with Crippen molar-refractivity contribution in [3.8, 4) is 17.2 Å². The predicted molar refractivity (Wildman–Crippen MR) is 120 cm³/mol. The Balaban J connectivity index is 0.00000182. The summed E-state index contributed by atoms with van der Waals surface area (Å²) in [5, 5.41) is 0. The third kappa shape index (κ3) is 6.67. The number of para-hydroxylation sites is 3. The summed E-state index contributed by atoms with van der Waals surface area (Å²) in [6.07, 6.45) is 0.743. The van der Waals surface area contributed by atoms with Crippen LogP contribution in [0.2, 0.25) is 0 Å². The number of rotatable bonds is 7. The van der Waals surface area contributed by atoms with Gasteiger partial charge in [-0.1, -0.05) is 61.5 Å². The molecule has 0 amide bonds. The van der Waals surface area contributed by atoms with Crippen LogP contribution in [0, 0.1) is 0 Å². The van der Waals surface area contributed by atoms with Crippen LogP contribution in [0.1, 0.15) is 12.5 Å². The summed E-state index contributed by atoms with van der Waals surface area (Å²) >= 11 is 0. The van der Waals surface area contributed by atoms with Crippen LogP contribution in [0.25, 0.3) is 0 Å². The van der Waals surface area contributed by atoms with Crippen LogP contribution in [-0.4, -0.2) is 0 Å². The molecule has 0 fully saturated rings. The monoisotopic (exact) mass is 422 g/mol. The van der Waals surface area contributed by atoms with E-state index in [9.17, 15) is 4.57 Å². The quantitative estimate of drug-likeness (QED) is 0.438. The van der Waals surface area contributed by atoms with Gasteiger partial charge in [-0.3, -0.25) is 0 Å². The lowest BCUT2D eigenvalue weighted by Gasteiger charge is -2.20. The first kappa shape index (κ1) is 23.2. The highest BCUT2D eigenvalue weighted by molar-refractivity contribution is 7.49. The van der Waals surface area contributed by atoms with E-state index >= 15 is 0 Å². The van der Waals surface area contributed by atoms with Gasteiger partial charge in [0.25, 0.3) is 0 Å². The zero-order valence-corrected chi connectivity index (χ0v) is 19.0. The lowest BCUT2D eigenvalue weighted by atomic mass is 10.1. The van der Waals surface area contributed by atoms with Gasteiger partial charge in [0, 0.05) is 0 Å². The maximum Gasteiger partial charge on any atom is 0.647 e. The van der Waals surface area contributed by atoms with E-state index in [-0.39, 0.29) is 19.8 Å². The average molecular weight is 422 g/mol. The van der Waals surface area contributed by atoms with Gasteiger partial charge in [0.15, 0.2) is 0 Å². The Kier molecular flexibility index (Phi) is 9.53. The van der Waals surface area contributed by atoms with Crippen molar-refractivity contribution < 1.29 is 18.1 Å². The number of benzene rings is 3. The van der Waals surface area contributed by atoms with Crippen LogP contribution in [0.3, 0.4) is 0 Å². The molecule has 0 saturated heterocycles. The van der Waals surface area contributed by atoms with Gasteiger partial charge >= 0.3 is 7.82 Å². The Hall–Kier alpha value is -1.85. The van der Waals surface area contributed by atoms with Gasteiger partial charge in [0.2, 0.25) is 0 Å². The lowest BCUT2D eigenvalue weighted by molar-refractivity contribution is 0.297. The number of phosphoric ester groups is 1. The molecule has 3 aromatic carbocycles. The van der Waals surface area contributed by atoms with Crippen molar-refractivity contribution in [1.29, 1.82) is 0 Å². The highest BCUT2D eigenvalue weighted by Gasteiger charge is 2.33. The van der Waals surface area contributed by atoms with E-state index in [0.717, 1.165) is 12.0 Å². The van der Waals surface area contributed by atoms with Crippen LogP contribution < -0.4 is 13.6 Å². The largest absolute Gasteiger partial charge is 0.647 e. The first-order chi connectivity index (χ1) is 12.2. The zero-order valence-electron chi connectivity index (χ0n) is 15.3. The standard InChI is InChI=1S/C20H19O4P.2H3P/c1-2-17-11-9-10-16-20(17)24-25(21,22-18-12-5-3-6-13-18)23-19-14-7-4-8-15-19;;/h3-16H,2H2,1H3;2*1H3. The molecule has 0 N–H and O–H groups in total. The fourth-order valence-corrected chi connectivity index (χ4v) is 3.57. The van der Waals surface area contributed by atoms with E-state index in [2.05, 4.69) is 0 Å². The van der Waals surface area contributed by atoms with E-state index in [0.29, 0.717) is 17.2 Å². The minimum atomic E-state index is -3.93. The number of hydrogen-bond acceptors (Lipinski definition) is 4. The third-order valence-electron chi connectivity index (χ3n) is 3.48. The summed E-state index contributed by atoms with van der Waals surface area (Å²) in [7, 11) is -3.93. The molecular formula is C20H25O4P3. The van der Waals surface area contributed by atoms with Crippen molar-refractivity contribution >= 4 is 27.6 Å². The highest BCUT2D eigenvalue weighted by Crippen LogP contribution is 2.50. The molecule has 0 aliphatic rings. The van der Waals surface area contributed by atoms with Crippen molar-refractivity contribution in [2.75, 3.05) is 0 Å². The normalized spacial score (nSPS) is 10.1. The molecule has 4 nitrogen and oxygen atoms in total. The maximum atomic E-state index is 13.3. The molecule has 144 valence electrons. The second-order valence-corrected chi connectivity index (χ2v) is 6.75. The second-order valence-electron chi connectivity index (χ2n) is 5.31. The summed E-state index contributed by atoms with van der Waals surface area (Å²) in [5.41, 5.74) is 0.927. The smallest absolute Gasteiger partial charge is 0.386 e. The van der Waals surface area contributed by atoms with Gasteiger partial charge in [0.05, 0.1) is 0 Å². The molecular weight excluding hydrogens is 397 g/mol. The van der Waals surface area contributed by atoms with Gasteiger partial charge in [-0.15, -0.1) is 0 Å². The first-order valence-corrected chi connectivity index (χ1v) is 9.51. The summed E-state index contributed by atoms with van der Waals surface area (Å²) in [4.78, 5) is 0. The molecule has 0 aliphatic carbocycles. The van der Waals surface area contributed by atoms with Crippen molar-refractivity contribution in [1.82, 2.24) is 0 Å². The number of phosphoric acid groups is 1. The fourth-order valence-electron chi connectivity index (χ4n) is 2.28. The minimum absolute atomic E-state index is 0. The van der Waals surface area contributed by atoms with Gasteiger partial charge in [0.1, 0.15) is 17.2 Å². The van der Waals surface area contributed by atoms with Gasteiger partial charge in [-0.2, -0.15) is 24.4 Å². The van der Waals surface area contributed by atoms with Crippen molar-refractivity contribution in [3.63, 3.8) is 0 Å². The van der Waals surface area contributed by atoms with Crippen molar-refractivity contribution in [3.05, 3.63) is 90.5 Å². The van der Waals surface area contributed by atoms with Crippen LogP contribution in [0.5, 0.6) is 17.2 Å². The van der Waals surface area contributed by atoms with Gasteiger partial charge in [-0.25, -0.2) is 0 Å². The molecule has 2 atom stereocenters. The summed E-state index contributed by atoms with van der Waals surface area (Å²) < 4.78 is 30.3. The van der Waals surface area contributed by atoms with E-state index in [1.165, 1.54) is 0 Å². The molecule has 3 rings (SSSR count). The number of aryl methyl sites for hydroxylation is 1. The van der Waals surface area contributed by atoms with E-state index in [1.807, 2.05) is 37.3 Å². The molecule has 0 bridgehead atoms. The molecule has 7 heteroatoms. The molecule has 0 radical (unpaired) electrons. The molecule has 2 unspecified atom stereocenters. The van der Waals surface area contributed by atoms with Crippen LogP contribution in [-0.2, 0) is 11.0 Å². The first-order valence-electron chi connectivity index (χ1n) is 8.05. The van der Waals surface area contributed by atoms with Crippen molar-refractivity contribution in [2.45, 2.75) is 13.3 Å². The predicted octanol–water partition coefficient (Wildman–Crippen LogP) is 6.01. The molecule has 0 saturated carbocycles. The van der Waals surface area contributed by atoms with Crippen LogP contribution >= 0.6 is 27.6 Å². The summed E-state index contributed by atoms with van der Waals surface area (Å²) in [6.45, 7) is 2.00. The third-order valence-corrected chi connectivity index (χ3v) is 4.77. The van der Waals surface area contributed by atoms with Gasteiger partial charge in [-0.05, 0) is 42.3 Å². The molecule has 3 aromatic rings. The topological polar surface area (TPSA) is 44.8 Å². The molecule has 0 aliphatic heterocycles. The van der Waals surface area contributed by atoms with Crippen molar-refractivity contribution in [2.24, 2.45) is 0 Å². The van der Waals surface area contributed by atoms with Gasteiger partial charge < -0.3 is 13.6 Å². The zero-order chi connectivity index (χ0) is 17.5. The SMILES string of the molecule is CCc1ccccc1OP(=O)(Oc1ccccc1)Oc1ccccc1.P.P. The molecule has 0 aromatic heterocycles. The van der Waals surface area contributed by atoms with E-state index in [1.54, 1.807) is 54.6 Å². The Labute approximate surface area is 167 Å². The molecule has 0 spiro atoms. The highest BCUT2D eigenvalue weighted by atomic mass is 31.2. The Morgan fingerprint density at radius 3 is 1.59 bits per heavy atom. The molecule has 27 heavy (non-hydrogen) atoms. The molecule has 0 heterocycles. The Morgan fingerprint density at radius 1 is 0.667 bits per heavy atom. The van der Waals surface area contributed by atoms with E-state index in [4.69, 9.17) is 13.6 Å². The van der Waals surface area contributed by atoms with Crippen LogP contribution in [0.15, 0.2) is 84.9 Å². The fraction of sp³-hybridized carbons (Fsp3) is 0.100.